The van der Waals surface area contributed by atoms with Crippen molar-refractivity contribution in [3.05, 3.63) is 135 Å². The van der Waals surface area contributed by atoms with Gasteiger partial charge in [-0.2, -0.15) is 0 Å². The van der Waals surface area contributed by atoms with Crippen molar-refractivity contribution in [3.8, 4) is 0 Å². The number of anilines is 1. The monoisotopic (exact) mass is 585 g/mol. The number of carbonyl (C=O) groups excluding carboxylic acids is 2. The summed E-state index contributed by atoms with van der Waals surface area (Å²) in [6, 6.07) is 33.0. The number of nitrogens with one attached hydrogen (secondary N) is 1. The summed E-state index contributed by atoms with van der Waals surface area (Å²) in [5, 5.41) is 3.52. The van der Waals surface area contributed by atoms with Crippen LogP contribution in [-0.4, -0.2) is 37.2 Å². The summed E-state index contributed by atoms with van der Waals surface area (Å²) in [7, 11) is 1.36. The van der Waals surface area contributed by atoms with Crippen LogP contribution in [0, 0.1) is 0 Å². The molecule has 4 aromatic carbocycles. The average molecular weight is 586 g/mol. The van der Waals surface area contributed by atoms with Gasteiger partial charge in [0.25, 0.3) is 5.91 Å². The molecule has 3 aliphatic heterocycles. The lowest BCUT2D eigenvalue weighted by atomic mass is 9.76. The largest absolute Gasteiger partial charge is 0.465 e. The van der Waals surface area contributed by atoms with Gasteiger partial charge in [0, 0.05) is 30.6 Å². The SMILES string of the molecule is COC(=O)c1ccc(/C=C2\SC(=Nc3cc4c5c(c3)[C@H](c3ccccc3)CCN5CC[C@H]4c3ccccc3)NC2=O)cc1. The lowest BCUT2D eigenvalue weighted by Gasteiger charge is -2.43. The van der Waals surface area contributed by atoms with Gasteiger partial charge in [-0.3, -0.25) is 4.79 Å². The summed E-state index contributed by atoms with van der Waals surface area (Å²) in [5.74, 6) is -0.00126. The fourth-order valence-corrected chi connectivity index (χ4v) is 7.33. The van der Waals surface area contributed by atoms with E-state index in [0.29, 0.717) is 15.6 Å². The van der Waals surface area contributed by atoms with Crippen molar-refractivity contribution in [1.29, 1.82) is 0 Å². The first kappa shape index (κ1) is 27.2. The number of methoxy groups -OCH3 is 1. The van der Waals surface area contributed by atoms with Crippen LogP contribution in [0.3, 0.4) is 0 Å². The van der Waals surface area contributed by atoms with E-state index >= 15 is 0 Å². The predicted molar refractivity (Wildman–Crippen MR) is 173 cm³/mol. The summed E-state index contributed by atoms with van der Waals surface area (Å²) in [5.41, 5.74) is 8.76. The summed E-state index contributed by atoms with van der Waals surface area (Å²) in [4.78, 5) is 32.8. The molecule has 3 aliphatic rings. The third-order valence-corrected chi connectivity index (χ3v) is 9.42. The molecule has 214 valence electrons. The Kier molecular flexibility index (Phi) is 7.33. The molecule has 3 heterocycles. The third kappa shape index (κ3) is 5.37. The second-order valence-electron chi connectivity index (χ2n) is 11.1. The van der Waals surface area contributed by atoms with E-state index in [1.165, 1.54) is 46.8 Å². The normalized spacial score (nSPS) is 21.0. The van der Waals surface area contributed by atoms with E-state index in [4.69, 9.17) is 9.73 Å². The van der Waals surface area contributed by atoms with Crippen LogP contribution in [0.1, 0.15) is 62.9 Å². The minimum Gasteiger partial charge on any atom is -0.465 e. The first-order chi connectivity index (χ1) is 21.1. The molecule has 0 spiro atoms. The Hall–Kier alpha value is -4.62. The summed E-state index contributed by atoms with van der Waals surface area (Å²) >= 11 is 1.33. The van der Waals surface area contributed by atoms with Gasteiger partial charge in [-0.05, 0) is 82.8 Å². The average Bonchev–Trinajstić information content (AvgIpc) is 3.39. The van der Waals surface area contributed by atoms with Crippen LogP contribution in [0.15, 0.2) is 107 Å². The molecule has 2 atom stereocenters. The van der Waals surface area contributed by atoms with Crippen LogP contribution in [0.4, 0.5) is 11.4 Å². The van der Waals surface area contributed by atoms with Gasteiger partial charge in [0.05, 0.1) is 23.3 Å². The summed E-state index contributed by atoms with van der Waals surface area (Å²) in [6.07, 6.45) is 3.92. The molecule has 0 radical (unpaired) electrons. The highest BCUT2D eigenvalue weighted by Crippen LogP contribution is 2.50. The number of amides is 1. The molecular weight excluding hydrogens is 554 g/mol. The van der Waals surface area contributed by atoms with Crippen molar-refractivity contribution in [3.63, 3.8) is 0 Å². The Bertz CT molecular complexity index is 1680. The highest BCUT2D eigenvalue weighted by atomic mass is 32.2. The Labute approximate surface area is 255 Å². The molecule has 0 unspecified atom stereocenters. The fraction of sp³-hybridized carbons (Fsp3) is 0.194. The third-order valence-electron chi connectivity index (χ3n) is 8.51. The van der Waals surface area contributed by atoms with Gasteiger partial charge in [-0.25, -0.2) is 9.79 Å². The topological polar surface area (TPSA) is 71.0 Å². The Balaban J connectivity index is 1.27. The Morgan fingerprint density at radius 2 is 1.47 bits per heavy atom. The van der Waals surface area contributed by atoms with Crippen molar-refractivity contribution in [1.82, 2.24) is 5.32 Å². The number of esters is 1. The van der Waals surface area contributed by atoms with Crippen LogP contribution >= 0.6 is 11.8 Å². The maximum atomic E-state index is 12.9. The van der Waals surface area contributed by atoms with Crippen molar-refractivity contribution in [2.45, 2.75) is 24.7 Å². The number of ether oxygens (including phenoxy) is 1. The van der Waals surface area contributed by atoms with E-state index in [2.05, 4.69) is 83.0 Å². The van der Waals surface area contributed by atoms with Gasteiger partial charge in [0.15, 0.2) is 5.17 Å². The molecule has 1 amide bonds. The highest BCUT2D eigenvalue weighted by Gasteiger charge is 2.35. The molecule has 0 aromatic heterocycles. The van der Waals surface area contributed by atoms with Crippen molar-refractivity contribution in [2.24, 2.45) is 4.99 Å². The second kappa shape index (κ2) is 11.6. The number of hydrogen-bond donors (Lipinski definition) is 1. The molecular formula is C36H31N3O3S. The lowest BCUT2D eigenvalue weighted by molar-refractivity contribution is -0.115. The van der Waals surface area contributed by atoms with Gasteiger partial charge in [0.2, 0.25) is 0 Å². The summed E-state index contributed by atoms with van der Waals surface area (Å²) < 4.78 is 4.78. The zero-order valence-corrected chi connectivity index (χ0v) is 24.6. The van der Waals surface area contributed by atoms with Crippen LogP contribution in [0.5, 0.6) is 0 Å². The molecule has 6 nitrogen and oxygen atoms in total. The van der Waals surface area contributed by atoms with Gasteiger partial charge in [-0.1, -0.05) is 72.8 Å². The number of aliphatic imine (C=N–C) groups is 1. The number of nitrogens with zero attached hydrogens (tertiary/aromatic N) is 2. The molecule has 1 saturated heterocycles. The molecule has 7 heteroatoms. The molecule has 0 saturated carbocycles. The minimum absolute atomic E-state index is 0.185. The first-order valence-corrected chi connectivity index (χ1v) is 15.4. The summed E-state index contributed by atoms with van der Waals surface area (Å²) in [6.45, 7) is 2.07. The van der Waals surface area contributed by atoms with Gasteiger partial charge in [0.1, 0.15) is 0 Å². The van der Waals surface area contributed by atoms with Gasteiger partial charge in [-0.15, -0.1) is 0 Å². The lowest BCUT2D eigenvalue weighted by Crippen LogP contribution is -2.37. The van der Waals surface area contributed by atoms with Crippen LogP contribution in [0.25, 0.3) is 6.08 Å². The zero-order valence-electron chi connectivity index (χ0n) is 23.8. The standard InChI is InChI=1S/C36H31N3O3S/c1-42-35(41)26-14-12-23(13-15-26)20-32-34(40)38-36(43-32)37-27-21-30-28(24-8-4-2-5-9-24)16-18-39-19-17-29(31(22-27)33(30)39)25-10-6-3-7-11-25/h2-15,20-22,28-29H,16-19H2,1H3,(H,37,38,40)/b32-20-/t28-,29-/m0/s1. The molecule has 43 heavy (non-hydrogen) atoms. The number of amidine groups is 1. The first-order valence-electron chi connectivity index (χ1n) is 14.6. The minimum atomic E-state index is -0.391. The fourth-order valence-electron chi connectivity index (χ4n) is 6.49. The smallest absolute Gasteiger partial charge is 0.337 e. The molecule has 1 N–H and O–H groups in total. The van der Waals surface area contributed by atoms with Gasteiger partial charge < -0.3 is 15.0 Å². The molecule has 0 aliphatic carbocycles. The van der Waals surface area contributed by atoms with Gasteiger partial charge >= 0.3 is 5.97 Å². The number of carbonyl (C=O) groups is 2. The molecule has 0 bridgehead atoms. The molecule has 1 fully saturated rings. The van der Waals surface area contributed by atoms with Crippen LogP contribution in [0.2, 0.25) is 0 Å². The van der Waals surface area contributed by atoms with Crippen molar-refractivity contribution >= 4 is 46.3 Å². The van der Waals surface area contributed by atoms with E-state index in [0.717, 1.165) is 37.2 Å². The van der Waals surface area contributed by atoms with E-state index in [1.807, 2.05) is 6.08 Å². The predicted octanol–water partition coefficient (Wildman–Crippen LogP) is 7.24. The maximum Gasteiger partial charge on any atom is 0.337 e. The number of hydrogen-bond acceptors (Lipinski definition) is 6. The number of rotatable bonds is 5. The van der Waals surface area contributed by atoms with Crippen LogP contribution < -0.4 is 10.2 Å². The van der Waals surface area contributed by atoms with E-state index in [-0.39, 0.29) is 17.7 Å². The van der Waals surface area contributed by atoms with Crippen molar-refractivity contribution < 1.29 is 14.3 Å². The van der Waals surface area contributed by atoms with E-state index in [1.54, 1.807) is 24.3 Å². The Morgan fingerprint density at radius 3 is 2.02 bits per heavy atom. The van der Waals surface area contributed by atoms with E-state index < -0.39 is 5.97 Å². The quantitative estimate of drug-likeness (QED) is 0.197. The van der Waals surface area contributed by atoms with Crippen molar-refractivity contribution in [2.75, 3.05) is 25.1 Å². The molecule has 7 rings (SSSR count). The number of thioether (sulfide) groups is 1. The van der Waals surface area contributed by atoms with Crippen LogP contribution in [-0.2, 0) is 9.53 Å². The molecule has 4 aromatic rings. The Morgan fingerprint density at radius 1 is 0.884 bits per heavy atom. The zero-order chi connectivity index (χ0) is 29.3. The maximum absolute atomic E-state index is 12.9. The second-order valence-corrected chi connectivity index (χ2v) is 12.1. The highest BCUT2D eigenvalue weighted by molar-refractivity contribution is 8.18. The van der Waals surface area contributed by atoms with E-state index in [9.17, 15) is 9.59 Å². The number of benzene rings is 4.